The molecule has 4 rings (SSSR count). The van der Waals surface area contributed by atoms with Crippen LogP contribution in [0, 0.1) is 6.92 Å². The number of aryl methyl sites for hydroxylation is 1. The molecule has 2 heterocycles. The molecule has 2 aromatic rings. The molecule has 31 heavy (non-hydrogen) atoms. The first-order valence-corrected chi connectivity index (χ1v) is 11.3. The molecular weight excluding hydrogens is 388 g/mol. The SMILES string of the molecule is COC1CN(c2nc3ccc(C)cc3cc2C(=O)N(C)C)CCC1NC1C=CCCC1. The van der Waals surface area contributed by atoms with E-state index in [0.717, 1.165) is 35.2 Å². The number of allylic oxidation sites excluding steroid dienone is 1. The number of hydrogen-bond donors (Lipinski definition) is 1. The smallest absolute Gasteiger partial charge is 0.257 e. The van der Waals surface area contributed by atoms with Crippen LogP contribution in [0.4, 0.5) is 5.82 Å². The lowest BCUT2D eigenvalue weighted by Gasteiger charge is -2.40. The van der Waals surface area contributed by atoms with Gasteiger partial charge in [-0.2, -0.15) is 0 Å². The van der Waals surface area contributed by atoms with E-state index < -0.39 is 0 Å². The zero-order chi connectivity index (χ0) is 22.0. The molecule has 0 spiro atoms. The Balaban J connectivity index is 1.62. The van der Waals surface area contributed by atoms with E-state index in [-0.39, 0.29) is 12.0 Å². The number of aromatic nitrogens is 1. The molecule has 1 aliphatic heterocycles. The van der Waals surface area contributed by atoms with Gasteiger partial charge >= 0.3 is 0 Å². The number of benzene rings is 1. The van der Waals surface area contributed by atoms with Gasteiger partial charge in [0.2, 0.25) is 0 Å². The molecule has 2 aliphatic rings. The van der Waals surface area contributed by atoms with Crippen molar-refractivity contribution < 1.29 is 9.53 Å². The number of piperidine rings is 1. The maximum absolute atomic E-state index is 13.0. The van der Waals surface area contributed by atoms with Crippen molar-refractivity contribution in [2.75, 3.05) is 39.2 Å². The summed E-state index contributed by atoms with van der Waals surface area (Å²) < 4.78 is 5.90. The number of carbonyl (C=O) groups excluding carboxylic acids is 1. The van der Waals surface area contributed by atoms with Crippen molar-refractivity contribution in [3.05, 3.63) is 47.5 Å². The van der Waals surface area contributed by atoms with Gasteiger partial charge in [0.1, 0.15) is 5.82 Å². The molecule has 3 atom stereocenters. The summed E-state index contributed by atoms with van der Waals surface area (Å²) in [6.07, 6.45) is 9.16. The molecule has 1 saturated heterocycles. The van der Waals surface area contributed by atoms with Crippen LogP contribution >= 0.6 is 0 Å². The van der Waals surface area contributed by atoms with Crippen molar-refractivity contribution in [3.8, 4) is 0 Å². The fourth-order valence-electron chi connectivity index (χ4n) is 4.69. The predicted octanol–water partition coefficient (Wildman–Crippen LogP) is 3.54. The van der Waals surface area contributed by atoms with E-state index in [1.54, 1.807) is 26.1 Å². The van der Waals surface area contributed by atoms with E-state index in [2.05, 4.69) is 41.4 Å². The number of rotatable bonds is 5. The van der Waals surface area contributed by atoms with Gasteiger partial charge in [0.15, 0.2) is 0 Å². The number of nitrogens with zero attached hydrogens (tertiary/aromatic N) is 3. The number of fused-ring (bicyclic) bond motifs is 1. The van der Waals surface area contributed by atoms with E-state index in [1.807, 2.05) is 12.1 Å². The van der Waals surface area contributed by atoms with Crippen molar-refractivity contribution in [2.45, 2.75) is 50.8 Å². The van der Waals surface area contributed by atoms with Gasteiger partial charge < -0.3 is 19.9 Å². The van der Waals surface area contributed by atoms with Gasteiger partial charge in [-0.25, -0.2) is 4.98 Å². The molecule has 1 fully saturated rings. The van der Waals surface area contributed by atoms with Crippen LogP contribution in [0.2, 0.25) is 0 Å². The highest BCUT2D eigenvalue weighted by Crippen LogP contribution is 2.29. The van der Waals surface area contributed by atoms with Gasteiger partial charge in [-0.15, -0.1) is 0 Å². The van der Waals surface area contributed by atoms with Gasteiger partial charge in [-0.1, -0.05) is 23.8 Å². The number of anilines is 1. The molecule has 1 aliphatic carbocycles. The minimum atomic E-state index is -0.0209. The topological polar surface area (TPSA) is 57.7 Å². The number of methoxy groups -OCH3 is 1. The van der Waals surface area contributed by atoms with Gasteiger partial charge in [0, 0.05) is 51.8 Å². The van der Waals surface area contributed by atoms with Gasteiger partial charge in [0.05, 0.1) is 17.2 Å². The van der Waals surface area contributed by atoms with Gasteiger partial charge in [-0.3, -0.25) is 4.79 Å². The standard InChI is InChI=1S/C25H34N4O2/c1-17-10-11-21-18(14-17)15-20(25(30)28(2)3)24(27-21)29-13-12-22(23(16-29)31-4)26-19-8-6-5-7-9-19/h6,8,10-11,14-15,19,22-23,26H,5,7,9,12-13,16H2,1-4H3. The number of carbonyl (C=O) groups is 1. The second-order valence-electron chi connectivity index (χ2n) is 9.00. The maximum atomic E-state index is 13.0. The molecule has 1 aromatic carbocycles. The van der Waals surface area contributed by atoms with E-state index in [9.17, 15) is 4.79 Å². The molecule has 0 bridgehead atoms. The summed E-state index contributed by atoms with van der Waals surface area (Å²) >= 11 is 0. The summed E-state index contributed by atoms with van der Waals surface area (Å²) in [6.45, 7) is 3.61. The number of nitrogens with one attached hydrogen (secondary N) is 1. The Hall–Kier alpha value is -2.44. The van der Waals surface area contributed by atoms with E-state index in [4.69, 9.17) is 9.72 Å². The van der Waals surface area contributed by atoms with E-state index in [1.165, 1.54) is 19.3 Å². The average Bonchev–Trinajstić information content (AvgIpc) is 2.78. The monoisotopic (exact) mass is 422 g/mol. The van der Waals surface area contributed by atoms with Crippen molar-refractivity contribution in [1.29, 1.82) is 0 Å². The zero-order valence-electron chi connectivity index (χ0n) is 19.1. The predicted molar refractivity (Wildman–Crippen MR) is 126 cm³/mol. The molecule has 1 N–H and O–H groups in total. The number of amides is 1. The Labute approximate surface area is 185 Å². The lowest BCUT2D eigenvalue weighted by atomic mass is 9.96. The highest BCUT2D eigenvalue weighted by Gasteiger charge is 2.33. The number of pyridine rings is 1. The second-order valence-corrected chi connectivity index (χ2v) is 9.00. The van der Waals surface area contributed by atoms with Crippen LogP contribution in [0.1, 0.15) is 41.6 Å². The first-order valence-electron chi connectivity index (χ1n) is 11.3. The normalized spacial score (nSPS) is 23.9. The highest BCUT2D eigenvalue weighted by molar-refractivity contribution is 6.02. The Kier molecular flexibility index (Phi) is 6.58. The van der Waals surface area contributed by atoms with Gasteiger partial charge in [-0.05, 0) is 50.8 Å². The zero-order valence-corrected chi connectivity index (χ0v) is 19.1. The third kappa shape index (κ3) is 4.75. The van der Waals surface area contributed by atoms with Crippen molar-refractivity contribution in [2.24, 2.45) is 0 Å². The molecule has 1 amide bonds. The van der Waals surface area contributed by atoms with Crippen molar-refractivity contribution >= 4 is 22.6 Å². The molecule has 6 heteroatoms. The summed E-state index contributed by atoms with van der Waals surface area (Å²) in [5.74, 6) is 0.737. The minimum Gasteiger partial charge on any atom is -0.378 e. The molecule has 0 saturated carbocycles. The van der Waals surface area contributed by atoms with Crippen LogP contribution < -0.4 is 10.2 Å². The minimum absolute atomic E-state index is 0.0209. The van der Waals surface area contributed by atoms with Crippen LogP contribution in [0.5, 0.6) is 0 Å². The Bertz CT molecular complexity index is 971. The molecule has 166 valence electrons. The molecule has 1 aromatic heterocycles. The van der Waals surface area contributed by atoms with Gasteiger partial charge in [0.25, 0.3) is 5.91 Å². The van der Waals surface area contributed by atoms with Crippen LogP contribution in [0.25, 0.3) is 10.9 Å². The van der Waals surface area contributed by atoms with Crippen LogP contribution in [-0.2, 0) is 4.74 Å². The van der Waals surface area contributed by atoms with Crippen LogP contribution in [0.15, 0.2) is 36.4 Å². The Morgan fingerprint density at radius 1 is 1.26 bits per heavy atom. The third-order valence-corrected chi connectivity index (χ3v) is 6.43. The fraction of sp³-hybridized carbons (Fsp3) is 0.520. The van der Waals surface area contributed by atoms with Crippen LogP contribution in [0.3, 0.4) is 0 Å². The number of ether oxygens (including phenoxy) is 1. The Morgan fingerprint density at radius 3 is 2.81 bits per heavy atom. The van der Waals surface area contributed by atoms with Crippen molar-refractivity contribution in [1.82, 2.24) is 15.2 Å². The van der Waals surface area contributed by atoms with E-state index >= 15 is 0 Å². The quantitative estimate of drug-likeness (QED) is 0.747. The maximum Gasteiger partial charge on any atom is 0.257 e. The number of hydrogen-bond acceptors (Lipinski definition) is 5. The van der Waals surface area contributed by atoms with Crippen molar-refractivity contribution in [3.63, 3.8) is 0 Å². The summed E-state index contributed by atoms with van der Waals surface area (Å²) in [7, 11) is 5.36. The molecular formula is C25H34N4O2. The fourth-order valence-corrected chi connectivity index (χ4v) is 4.69. The van der Waals surface area contributed by atoms with E-state index in [0.29, 0.717) is 24.2 Å². The first-order chi connectivity index (χ1) is 15.0. The highest BCUT2D eigenvalue weighted by atomic mass is 16.5. The second kappa shape index (κ2) is 9.37. The summed E-state index contributed by atoms with van der Waals surface area (Å²) in [4.78, 5) is 21.8. The summed E-state index contributed by atoms with van der Waals surface area (Å²) in [5, 5.41) is 4.79. The largest absolute Gasteiger partial charge is 0.378 e. The Morgan fingerprint density at radius 2 is 2.10 bits per heavy atom. The third-order valence-electron chi connectivity index (χ3n) is 6.43. The molecule has 3 unspecified atom stereocenters. The summed E-state index contributed by atoms with van der Waals surface area (Å²) in [6, 6.07) is 8.91. The lowest BCUT2D eigenvalue weighted by molar-refractivity contribution is 0.0567. The average molecular weight is 423 g/mol. The lowest BCUT2D eigenvalue weighted by Crippen LogP contribution is -2.56. The molecule has 0 radical (unpaired) electrons. The van der Waals surface area contributed by atoms with Crippen LogP contribution in [-0.4, -0.2) is 68.3 Å². The molecule has 6 nitrogen and oxygen atoms in total. The summed E-state index contributed by atoms with van der Waals surface area (Å²) in [5.41, 5.74) is 2.73. The first kappa shape index (κ1) is 21.8.